The number of hydrogen-bond acceptors (Lipinski definition) is 2. The van der Waals surface area contributed by atoms with Crippen LogP contribution in [0.3, 0.4) is 0 Å². The minimum Gasteiger partial charge on any atom is -0.377 e. The number of nitrogens with zero attached hydrogens (tertiary/aromatic N) is 1. The Morgan fingerprint density at radius 1 is 1.04 bits per heavy atom. The van der Waals surface area contributed by atoms with Gasteiger partial charge in [0.1, 0.15) is 5.82 Å². The van der Waals surface area contributed by atoms with Crippen LogP contribution in [0.25, 0.3) is 0 Å². The molecule has 1 atom stereocenters. The van der Waals surface area contributed by atoms with Crippen LogP contribution in [0.4, 0.5) is 4.39 Å². The molecule has 0 N–H and O–H groups in total. The van der Waals surface area contributed by atoms with Crippen molar-refractivity contribution in [2.45, 2.75) is 31.9 Å². The SMILES string of the molecule is Fc1cccc(CN(CCc2ccccc2)CC2CCCO2)c1. The van der Waals surface area contributed by atoms with Crippen molar-refractivity contribution < 1.29 is 9.13 Å². The number of benzene rings is 2. The van der Waals surface area contributed by atoms with E-state index in [2.05, 4.69) is 29.2 Å². The monoisotopic (exact) mass is 313 g/mol. The second-order valence-corrected chi connectivity index (χ2v) is 6.24. The van der Waals surface area contributed by atoms with Gasteiger partial charge in [0, 0.05) is 26.2 Å². The van der Waals surface area contributed by atoms with Gasteiger partial charge in [-0.15, -0.1) is 0 Å². The Kier molecular flexibility index (Phi) is 5.78. The van der Waals surface area contributed by atoms with Crippen LogP contribution in [0, 0.1) is 5.82 Å². The van der Waals surface area contributed by atoms with Gasteiger partial charge in [-0.05, 0) is 42.5 Å². The number of halogens is 1. The number of ether oxygens (including phenoxy) is 1. The lowest BCUT2D eigenvalue weighted by Crippen LogP contribution is -2.33. The molecule has 2 aromatic rings. The van der Waals surface area contributed by atoms with Crippen molar-refractivity contribution in [1.29, 1.82) is 0 Å². The fourth-order valence-electron chi connectivity index (χ4n) is 3.14. The van der Waals surface area contributed by atoms with E-state index in [4.69, 9.17) is 4.74 Å². The average Bonchev–Trinajstić information content (AvgIpc) is 3.07. The first kappa shape index (κ1) is 16.2. The molecule has 0 aromatic heterocycles. The van der Waals surface area contributed by atoms with E-state index in [1.165, 1.54) is 11.6 Å². The van der Waals surface area contributed by atoms with Crippen LogP contribution in [0.15, 0.2) is 54.6 Å². The Hall–Kier alpha value is -1.71. The van der Waals surface area contributed by atoms with Gasteiger partial charge in [0.15, 0.2) is 0 Å². The highest BCUT2D eigenvalue weighted by molar-refractivity contribution is 5.17. The zero-order chi connectivity index (χ0) is 15.9. The minimum absolute atomic E-state index is 0.164. The zero-order valence-corrected chi connectivity index (χ0v) is 13.5. The van der Waals surface area contributed by atoms with Crippen molar-refractivity contribution in [3.8, 4) is 0 Å². The van der Waals surface area contributed by atoms with E-state index >= 15 is 0 Å². The van der Waals surface area contributed by atoms with Crippen LogP contribution in [-0.2, 0) is 17.7 Å². The average molecular weight is 313 g/mol. The molecule has 1 saturated heterocycles. The highest BCUT2D eigenvalue weighted by Crippen LogP contribution is 2.16. The van der Waals surface area contributed by atoms with Crippen molar-refractivity contribution in [2.24, 2.45) is 0 Å². The van der Waals surface area contributed by atoms with Crippen molar-refractivity contribution in [3.63, 3.8) is 0 Å². The standard InChI is InChI=1S/C20H24FNO/c21-19-9-4-8-18(14-19)15-22(16-20-10-5-13-23-20)12-11-17-6-2-1-3-7-17/h1-4,6-9,14,20H,5,10-13,15-16H2. The van der Waals surface area contributed by atoms with Crippen molar-refractivity contribution in [1.82, 2.24) is 4.90 Å². The molecule has 2 aromatic carbocycles. The summed E-state index contributed by atoms with van der Waals surface area (Å²) in [6.07, 6.45) is 3.60. The summed E-state index contributed by atoms with van der Waals surface area (Å²) >= 11 is 0. The van der Waals surface area contributed by atoms with E-state index in [9.17, 15) is 4.39 Å². The summed E-state index contributed by atoms with van der Waals surface area (Å²) in [5.41, 5.74) is 2.36. The largest absolute Gasteiger partial charge is 0.377 e. The maximum atomic E-state index is 13.4. The maximum Gasteiger partial charge on any atom is 0.123 e. The smallest absolute Gasteiger partial charge is 0.123 e. The van der Waals surface area contributed by atoms with Crippen LogP contribution >= 0.6 is 0 Å². The Bertz CT molecular complexity index is 596. The van der Waals surface area contributed by atoms with Crippen LogP contribution in [0.5, 0.6) is 0 Å². The highest BCUT2D eigenvalue weighted by Gasteiger charge is 2.19. The lowest BCUT2D eigenvalue weighted by molar-refractivity contribution is 0.0709. The van der Waals surface area contributed by atoms with Gasteiger partial charge in [0.25, 0.3) is 0 Å². The van der Waals surface area contributed by atoms with Gasteiger partial charge in [-0.25, -0.2) is 4.39 Å². The van der Waals surface area contributed by atoms with E-state index in [-0.39, 0.29) is 5.82 Å². The first-order chi connectivity index (χ1) is 11.3. The fraction of sp³-hybridized carbons (Fsp3) is 0.400. The van der Waals surface area contributed by atoms with Gasteiger partial charge in [-0.1, -0.05) is 42.5 Å². The van der Waals surface area contributed by atoms with E-state index in [1.807, 2.05) is 12.1 Å². The molecule has 1 unspecified atom stereocenters. The molecule has 0 amide bonds. The van der Waals surface area contributed by atoms with Crippen LogP contribution < -0.4 is 0 Å². The molecule has 23 heavy (non-hydrogen) atoms. The van der Waals surface area contributed by atoms with Crippen molar-refractivity contribution in [2.75, 3.05) is 19.7 Å². The summed E-state index contributed by atoms with van der Waals surface area (Å²) in [7, 11) is 0. The molecular weight excluding hydrogens is 289 g/mol. The third-order valence-electron chi connectivity index (χ3n) is 4.34. The Morgan fingerprint density at radius 2 is 1.87 bits per heavy atom. The lowest BCUT2D eigenvalue weighted by atomic mass is 10.1. The van der Waals surface area contributed by atoms with E-state index in [1.54, 1.807) is 12.1 Å². The summed E-state index contributed by atoms with van der Waals surface area (Å²) in [6, 6.07) is 17.4. The molecule has 122 valence electrons. The molecule has 0 spiro atoms. The van der Waals surface area contributed by atoms with Gasteiger partial charge < -0.3 is 4.74 Å². The fourth-order valence-corrected chi connectivity index (χ4v) is 3.14. The molecule has 3 rings (SSSR count). The van der Waals surface area contributed by atoms with Gasteiger partial charge in [-0.2, -0.15) is 0 Å². The zero-order valence-electron chi connectivity index (χ0n) is 13.5. The predicted octanol–water partition coefficient (Wildman–Crippen LogP) is 4.05. The summed E-state index contributed by atoms with van der Waals surface area (Å²) in [5.74, 6) is -0.164. The molecule has 3 heteroatoms. The molecule has 1 fully saturated rings. The Balaban J connectivity index is 1.62. The molecule has 1 aliphatic heterocycles. The summed E-state index contributed by atoms with van der Waals surface area (Å²) < 4.78 is 19.2. The predicted molar refractivity (Wildman–Crippen MR) is 90.8 cm³/mol. The molecule has 0 bridgehead atoms. The maximum absolute atomic E-state index is 13.4. The van der Waals surface area contributed by atoms with Crippen molar-refractivity contribution in [3.05, 3.63) is 71.5 Å². The van der Waals surface area contributed by atoms with Gasteiger partial charge in [0.05, 0.1) is 6.10 Å². The lowest BCUT2D eigenvalue weighted by Gasteiger charge is -2.25. The summed E-state index contributed by atoms with van der Waals surface area (Å²) in [5, 5.41) is 0. The van der Waals surface area contributed by atoms with Gasteiger partial charge in [-0.3, -0.25) is 4.90 Å². The van der Waals surface area contributed by atoms with E-state index in [0.29, 0.717) is 6.10 Å². The van der Waals surface area contributed by atoms with Gasteiger partial charge in [0.2, 0.25) is 0 Å². The molecule has 1 heterocycles. The molecule has 0 saturated carbocycles. The third kappa shape index (κ3) is 5.15. The molecule has 1 aliphatic rings. The second kappa shape index (κ2) is 8.23. The van der Waals surface area contributed by atoms with Crippen molar-refractivity contribution >= 4 is 0 Å². The van der Waals surface area contributed by atoms with Gasteiger partial charge >= 0.3 is 0 Å². The first-order valence-corrected chi connectivity index (χ1v) is 8.42. The summed E-state index contributed by atoms with van der Waals surface area (Å²) in [4.78, 5) is 2.39. The Morgan fingerprint density at radius 3 is 2.61 bits per heavy atom. The van der Waals surface area contributed by atoms with Crippen LogP contribution in [0.1, 0.15) is 24.0 Å². The minimum atomic E-state index is -0.164. The second-order valence-electron chi connectivity index (χ2n) is 6.24. The molecule has 0 aliphatic carbocycles. The quantitative estimate of drug-likeness (QED) is 0.764. The van der Waals surface area contributed by atoms with Crippen LogP contribution in [-0.4, -0.2) is 30.7 Å². The van der Waals surface area contributed by atoms with Crippen LogP contribution in [0.2, 0.25) is 0 Å². The van der Waals surface area contributed by atoms with E-state index < -0.39 is 0 Å². The first-order valence-electron chi connectivity index (χ1n) is 8.42. The Labute approximate surface area is 137 Å². The molecular formula is C20H24FNO. The number of hydrogen-bond donors (Lipinski definition) is 0. The normalized spacial score (nSPS) is 17.7. The molecule has 0 radical (unpaired) electrons. The van der Waals surface area contributed by atoms with E-state index in [0.717, 1.165) is 51.1 Å². The topological polar surface area (TPSA) is 12.5 Å². The molecule has 2 nitrogen and oxygen atoms in total. The summed E-state index contributed by atoms with van der Waals surface area (Å²) in [6.45, 7) is 3.52. The third-order valence-corrected chi connectivity index (χ3v) is 4.34. The number of rotatable bonds is 7. The highest BCUT2D eigenvalue weighted by atomic mass is 19.1.